The lowest BCUT2D eigenvalue weighted by molar-refractivity contribution is -0.00167. The van der Waals surface area contributed by atoms with Crippen molar-refractivity contribution in [1.82, 2.24) is 0 Å². The van der Waals surface area contributed by atoms with E-state index in [4.69, 9.17) is 9.47 Å². The maximum absolute atomic E-state index is 6.12. The molecule has 0 rings (SSSR count). The molecule has 0 aliphatic carbocycles. The molecule has 0 saturated carbocycles. The molecule has 0 aromatic carbocycles. The molecule has 0 amide bonds. The Hall–Kier alpha value is -0.0800. The first-order chi connectivity index (χ1) is 12.8. The van der Waals surface area contributed by atoms with E-state index in [9.17, 15) is 0 Å². The van der Waals surface area contributed by atoms with Gasteiger partial charge in [-0.25, -0.2) is 0 Å². The Morgan fingerprint density at radius 1 is 0.500 bits per heavy atom. The smallest absolute Gasteiger partial charge is 0.0704 e. The van der Waals surface area contributed by atoms with Crippen LogP contribution in [0, 0.1) is 0 Å². The molecule has 158 valence electrons. The number of hydrogen-bond donors (Lipinski definition) is 0. The Balaban J connectivity index is 3.70. The molecule has 1 unspecified atom stereocenters. The third kappa shape index (κ3) is 20.2. The Bertz CT molecular complexity index is 242. The van der Waals surface area contributed by atoms with Gasteiger partial charge in [0.2, 0.25) is 0 Å². The monoisotopic (exact) mass is 370 g/mol. The second kappa shape index (κ2) is 23.0. The lowest BCUT2D eigenvalue weighted by atomic mass is 10.0. The third-order valence-corrected chi connectivity index (χ3v) is 5.29. The van der Waals surface area contributed by atoms with Crippen molar-refractivity contribution in [3.8, 4) is 0 Å². The van der Waals surface area contributed by atoms with Gasteiger partial charge < -0.3 is 9.47 Å². The van der Waals surface area contributed by atoms with Crippen LogP contribution in [0.1, 0.15) is 130 Å². The van der Waals surface area contributed by atoms with Gasteiger partial charge >= 0.3 is 0 Å². The van der Waals surface area contributed by atoms with Crippen molar-refractivity contribution in [2.75, 3.05) is 19.8 Å². The first kappa shape index (κ1) is 25.9. The summed E-state index contributed by atoms with van der Waals surface area (Å²) < 4.78 is 11.6. The average molecular weight is 371 g/mol. The predicted octanol–water partition coefficient (Wildman–Crippen LogP) is 8.08. The van der Waals surface area contributed by atoms with Gasteiger partial charge in [-0.15, -0.1) is 0 Å². The number of rotatable bonds is 22. The van der Waals surface area contributed by atoms with E-state index in [1.54, 1.807) is 0 Å². The van der Waals surface area contributed by atoms with Crippen molar-refractivity contribution >= 4 is 0 Å². The summed E-state index contributed by atoms with van der Waals surface area (Å²) in [6.45, 7) is 8.94. The second-order valence-corrected chi connectivity index (χ2v) is 7.86. The van der Waals surface area contributed by atoms with E-state index >= 15 is 0 Å². The predicted molar refractivity (Wildman–Crippen MR) is 116 cm³/mol. The molecule has 0 aromatic rings. The van der Waals surface area contributed by atoms with Crippen LogP contribution in [-0.4, -0.2) is 25.9 Å². The van der Waals surface area contributed by atoms with Gasteiger partial charge in [0.05, 0.1) is 19.3 Å². The summed E-state index contributed by atoms with van der Waals surface area (Å²) in [5, 5.41) is 0. The molecular formula is C24H50O2. The van der Waals surface area contributed by atoms with Gasteiger partial charge in [-0.05, 0) is 19.8 Å². The minimum Gasteiger partial charge on any atom is -0.379 e. The third-order valence-electron chi connectivity index (χ3n) is 5.29. The van der Waals surface area contributed by atoms with Crippen molar-refractivity contribution in [2.24, 2.45) is 0 Å². The number of unbranched alkanes of at least 4 members (excludes halogenated alkanes) is 13. The number of hydrogen-bond acceptors (Lipinski definition) is 2. The molecule has 0 bridgehead atoms. The molecular weight excluding hydrogens is 320 g/mol. The molecule has 0 N–H and O–H groups in total. The van der Waals surface area contributed by atoms with Crippen LogP contribution in [0.4, 0.5) is 0 Å². The maximum Gasteiger partial charge on any atom is 0.0704 e. The highest BCUT2D eigenvalue weighted by molar-refractivity contribution is 4.60. The summed E-state index contributed by atoms with van der Waals surface area (Å²) in [6.07, 6.45) is 23.8. The summed E-state index contributed by atoms with van der Waals surface area (Å²) >= 11 is 0. The van der Waals surface area contributed by atoms with Crippen LogP contribution >= 0.6 is 0 Å². The van der Waals surface area contributed by atoms with Crippen LogP contribution in [0.5, 0.6) is 0 Å². The molecule has 0 aliphatic rings. The summed E-state index contributed by atoms with van der Waals surface area (Å²) in [5.74, 6) is 0. The molecule has 0 aromatic heterocycles. The van der Waals surface area contributed by atoms with Gasteiger partial charge in [-0.2, -0.15) is 0 Å². The zero-order valence-electron chi connectivity index (χ0n) is 18.5. The van der Waals surface area contributed by atoms with Crippen molar-refractivity contribution in [1.29, 1.82) is 0 Å². The van der Waals surface area contributed by atoms with Gasteiger partial charge in [0.25, 0.3) is 0 Å². The van der Waals surface area contributed by atoms with Crippen LogP contribution in [0.3, 0.4) is 0 Å². The molecule has 2 heteroatoms. The highest BCUT2D eigenvalue weighted by atomic mass is 16.5. The zero-order chi connectivity index (χ0) is 19.1. The van der Waals surface area contributed by atoms with Gasteiger partial charge in [0, 0.05) is 6.61 Å². The Morgan fingerprint density at radius 2 is 0.923 bits per heavy atom. The quantitative estimate of drug-likeness (QED) is 0.179. The van der Waals surface area contributed by atoms with E-state index in [2.05, 4.69) is 20.8 Å². The molecule has 0 radical (unpaired) electrons. The molecule has 0 aliphatic heterocycles. The van der Waals surface area contributed by atoms with E-state index < -0.39 is 0 Å². The van der Waals surface area contributed by atoms with Gasteiger partial charge in [0.1, 0.15) is 0 Å². The lowest BCUT2D eigenvalue weighted by Gasteiger charge is -2.18. The SMILES string of the molecule is CCCCCCCCCCC(CCCCCCCCC)OCCOCC. The second-order valence-electron chi connectivity index (χ2n) is 7.86. The standard InChI is InChI=1S/C24H50O2/c1-4-7-9-11-13-15-17-19-21-24(26-23-22-25-6-3)20-18-16-14-12-10-8-5-2/h24H,4-23H2,1-3H3. The van der Waals surface area contributed by atoms with Crippen molar-refractivity contribution in [3.05, 3.63) is 0 Å². The summed E-state index contributed by atoms with van der Waals surface area (Å²) in [5.41, 5.74) is 0. The van der Waals surface area contributed by atoms with Crippen LogP contribution in [0.15, 0.2) is 0 Å². The maximum atomic E-state index is 6.12. The van der Waals surface area contributed by atoms with Crippen molar-refractivity contribution < 1.29 is 9.47 Å². The fourth-order valence-electron chi connectivity index (χ4n) is 3.56. The molecule has 0 saturated heterocycles. The van der Waals surface area contributed by atoms with Crippen LogP contribution in [0.2, 0.25) is 0 Å². The van der Waals surface area contributed by atoms with Gasteiger partial charge in [0.15, 0.2) is 0 Å². The Kier molecular flexibility index (Phi) is 22.9. The minimum atomic E-state index is 0.464. The van der Waals surface area contributed by atoms with Crippen LogP contribution in [0.25, 0.3) is 0 Å². The van der Waals surface area contributed by atoms with Crippen molar-refractivity contribution in [3.63, 3.8) is 0 Å². The minimum absolute atomic E-state index is 0.464. The van der Waals surface area contributed by atoms with Crippen molar-refractivity contribution in [2.45, 2.75) is 136 Å². The lowest BCUT2D eigenvalue weighted by Crippen LogP contribution is -2.16. The van der Waals surface area contributed by atoms with Crippen LogP contribution in [-0.2, 0) is 9.47 Å². The molecule has 2 nitrogen and oxygen atoms in total. The average Bonchev–Trinajstić information content (AvgIpc) is 2.65. The Morgan fingerprint density at radius 3 is 1.35 bits per heavy atom. The normalized spacial score (nSPS) is 12.6. The van der Waals surface area contributed by atoms with E-state index in [-0.39, 0.29) is 0 Å². The Labute approximate surface area is 165 Å². The molecule has 0 fully saturated rings. The fraction of sp³-hybridized carbons (Fsp3) is 1.00. The van der Waals surface area contributed by atoms with Gasteiger partial charge in [-0.3, -0.25) is 0 Å². The van der Waals surface area contributed by atoms with E-state index in [0.29, 0.717) is 6.10 Å². The molecule has 1 atom stereocenters. The van der Waals surface area contributed by atoms with E-state index in [1.807, 2.05) is 0 Å². The first-order valence-corrected chi connectivity index (χ1v) is 12.0. The number of ether oxygens (including phenoxy) is 2. The topological polar surface area (TPSA) is 18.5 Å². The van der Waals surface area contributed by atoms with E-state index in [0.717, 1.165) is 19.8 Å². The van der Waals surface area contributed by atoms with E-state index in [1.165, 1.54) is 109 Å². The highest BCUT2D eigenvalue weighted by Crippen LogP contribution is 2.17. The molecule has 26 heavy (non-hydrogen) atoms. The summed E-state index contributed by atoms with van der Waals surface area (Å²) in [4.78, 5) is 0. The largest absolute Gasteiger partial charge is 0.379 e. The van der Waals surface area contributed by atoms with Gasteiger partial charge in [-0.1, -0.05) is 110 Å². The molecule has 0 heterocycles. The fourth-order valence-corrected chi connectivity index (χ4v) is 3.56. The van der Waals surface area contributed by atoms with Crippen LogP contribution < -0.4 is 0 Å². The zero-order valence-corrected chi connectivity index (χ0v) is 18.5. The molecule has 0 spiro atoms. The summed E-state index contributed by atoms with van der Waals surface area (Å²) in [7, 11) is 0. The highest BCUT2D eigenvalue weighted by Gasteiger charge is 2.09. The first-order valence-electron chi connectivity index (χ1n) is 12.0. The summed E-state index contributed by atoms with van der Waals surface area (Å²) in [6, 6.07) is 0.